The molecule has 0 spiro atoms. The number of nitrogens with zero attached hydrogens (tertiary/aromatic N) is 2. The van der Waals surface area contributed by atoms with Gasteiger partial charge >= 0.3 is 0 Å². The Morgan fingerprint density at radius 2 is 1.96 bits per heavy atom. The lowest BCUT2D eigenvalue weighted by molar-refractivity contribution is 0.102. The predicted molar refractivity (Wildman–Crippen MR) is 99.9 cm³/mol. The van der Waals surface area contributed by atoms with E-state index in [0.29, 0.717) is 22.8 Å². The smallest absolute Gasteiger partial charge is 0.257 e. The first-order valence-corrected chi connectivity index (χ1v) is 8.15. The summed E-state index contributed by atoms with van der Waals surface area (Å²) in [5.74, 6) is -0.238. The molecule has 126 valence electrons. The topological polar surface area (TPSA) is 66.9 Å². The molecule has 2 N–H and O–H groups in total. The summed E-state index contributed by atoms with van der Waals surface area (Å²) in [6.07, 6.45) is 6.72. The van der Waals surface area contributed by atoms with Crippen LogP contribution in [0.15, 0.2) is 61.2 Å². The molecule has 0 saturated carbocycles. The van der Waals surface area contributed by atoms with E-state index in [1.54, 1.807) is 30.7 Å². The maximum Gasteiger partial charge on any atom is 0.257 e. The van der Waals surface area contributed by atoms with Gasteiger partial charge in [-0.3, -0.25) is 14.8 Å². The molecule has 0 aliphatic rings. The fourth-order valence-electron chi connectivity index (χ4n) is 2.24. The van der Waals surface area contributed by atoms with Crippen LogP contribution in [-0.2, 0) is 6.54 Å². The first-order chi connectivity index (χ1) is 12.1. The molecular weight excluding hydrogens is 336 g/mol. The third-order valence-corrected chi connectivity index (χ3v) is 4.06. The minimum absolute atomic E-state index is 0.238. The minimum atomic E-state index is -0.238. The molecule has 0 atom stereocenters. The molecule has 0 bridgehead atoms. The normalized spacial score (nSPS) is 10.3. The first kappa shape index (κ1) is 16.9. The Labute approximate surface area is 151 Å². The highest BCUT2D eigenvalue weighted by Crippen LogP contribution is 2.20. The van der Waals surface area contributed by atoms with Gasteiger partial charge in [0.05, 0.1) is 11.3 Å². The molecule has 0 unspecified atom stereocenters. The van der Waals surface area contributed by atoms with Crippen LogP contribution < -0.4 is 10.6 Å². The van der Waals surface area contributed by atoms with Crippen LogP contribution in [-0.4, -0.2) is 15.9 Å². The van der Waals surface area contributed by atoms with Crippen molar-refractivity contribution in [3.63, 3.8) is 0 Å². The fraction of sp³-hybridized carbons (Fsp3) is 0.105. The van der Waals surface area contributed by atoms with Crippen LogP contribution in [0, 0.1) is 6.92 Å². The number of pyridine rings is 2. The van der Waals surface area contributed by atoms with Crippen molar-refractivity contribution >= 4 is 28.9 Å². The van der Waals surface area contributed by atoms with Crippen molar-refractivity contribution < 1.29 is 4.79 Å². The number of hydrogen-bond acceptors (Lipinski definition) is 4. The van der Waals surface area contributed by atoms with Crippen LogP contribution in [0.2, 0.25) is 5.02 Å². The van der Waals surface area contributed by atoms with Crippen molar-refractivity contribution in [1.82, 2.24) is 9.97 Å². The van der Waals surface area contributed by atoms with Gasteiger partial charge < -0.3 is 10.6 Å². The van der Waals surface area contributed by atoms with Crippen molar-refractivity contribution in [1.29, 1.82) is 0 Å². The van der Waals surface area contributed by atoms with Crippen molar-refractivity contribution in [2.45, 2.75) is 13.5 Å². The highest BCUT2D eigenvalue weighted by Gasteiger charge is 2.08. The van der Waals surface area contributed by atoms with E-state index in [2.05, 4.69) is 20.6 Å². The van der Waals surface area contributed by atoms with Gasteiger partial charge in [-0.15, -0.1) is 0 Å². The lowest BCUT2D eigenvalue weighted by Crippen LogP contribution is -2.13. The van der Waals surface area contributed by atoms with E-state index < -0.39 is 0 Å². The number of carbonyl (C=O) groups excluding carboxylic acids is 1. The average Bonchev–Trinajstić information content (AvgIpc) is 2.64. The molecule has 2 aromatic heterocycles. The lowest BCUT2D eigenvalue weighted by Gasteiger charge is -2.09. The number of halogens is 1. The van der Waals surface area contributed by atoms with Gasteiger partial charge in [-0.1, -0.05) is 23.7 Å². The van der Waals surface area contributed by atoms with E-state index in [9.17, 15) is 4.79 Å². The van der Waals surface area contributed by atoms with Gasteiger partial charge in [-0.25, -0.2) is 0 Å². The summed E-state index contributed by atoms with van der Waals surface area (Å²) in [5, 5.41) is 6.67. The molecule has 5 nitrogen and oxygen atoms in total. The van der Waals surface area contributed by atoms with Gasteiger partial charge in [0.1, 0.15) is 0 Å². The number of aryl methyl sites for hydroxylation is 1. The zero-order valence-electron chi connectivity index (χ0n) is 13.7. The third kappa shape index (κ3) is 4.55. The molecule has 0 saturated heterocycles. The molecule has 1 aromatic carbocycles. The summed E-state index contributed by atoms with van der Waals surface area (Å²) in [5.41, 5.74) is 3.88. The molecule has 6 heteroatoms. The second kappa shape index (κ2) is 7.77. The zero-order valence-corrected chi connectivity index (χ0v) is 14.4. The van der Waals surface area contributed by atoms with Gasteiger partial charge in [0.2, 0.25) is 0 Å². The van der Waals surface area contributed by atoms with Gasteiger partial charge in [0.25, 0.3) is 5.91 Å². The minimum Gasteiger partial charge on any atom is -0.380 e. The maximum absolute atomic E-state index is 12.4. The second-order valence-electron chi connectivity index (χ2n) is 5.60. The third-order valence-electron chi connectivity index (χ3n) is 3.65. The number of amides is 1. The summed E-state index contributed by atoms with van der Waals surface area (Å²) in [4.78, 5) is 20.6. The van der Waals surface area contributed by atoms with E-state index in [4.69, 9.17) is 11.6 Å². The summed E-state index contributed by atoms with van der Waals surface area (Å²) in [7, 11) is 0. The van der Waals surface area contributed by atoms with E-state index in [0.717, 1.165) is 16.8 Å². The van der Waals surface area contributed by atoms with Gasteiger partial charge in [-0.05, 0) is 42.3 Å². The number of carbonyl (C=O) groups is 1. The second-order valence-corrected chi connectivity index (χ2v) is 6.00. The van der Waals surface area contributed by atoms with Crippen LogP contribution >= 0.6 is 11.6 Å². The molecule has 0 fully saturated rings. The van der Waals surface area contributed by atoms with Crippen molar-refractivity contribution in [3.05, 3.63) is 82.9 Å². The summed E-state index contributed by atoms with van der Waals surface area (Å²) < 4.78 is 0. The van der Waals surface area contributed by atoms with Crippen LogP contribution in [0.4, 0.5) is 11.4 Å². The number of benzene rings is 1. The van der Waals surface area contributed by atoms with E-state index >= 15 is 0 Å². The number of rotatable bonds is 5. The van der Waals surface area contributed by atoms with Crippen molar-refractivity contribution in [2.24, 2.45) is 0 Å². The lowest BCUT2D eigenvalue weighted by atomic mass is 10.2. The molecule has 2 heterocycles. The SMILES string of the molecule is Cc1ccc(NC(=O)c2cncc(NCc3cccnc3)c2)cc1Cl. The van der Waals surface area contributed by atoms with Gasteiger partial charge in [0, 0.05) is 42.0 Å². The van der Waals surface area contributed by atoms with E-state index in [1.807, 2.05) is 31.2 Å². The Morgan fingerprint density at radius 1 is 1.08 bits per heavy atom. The van der Waals surface area contributed by atoms with Gasteiger partial charge in [0.15, 0.2) is 0 Å². The molecule has 0 radical (unpaired) electrons. The standard InChI is InChI=1S/C19H17ClN4O/c1-13-4-5-16(8-18(13)20)24-19(25)15-7-17(12-22-11-15)23-10-14-3-2-6-21-9-14/h2-9,11-12,23H,10H2,1H3,(H,24,25). The molecule has 3 rings (SSSR count). The fourth-order valence-corrected chi connectivity index (χ4v) is 2.42. The highest BCUT2D eigenvalue weighted by atomic mass is 35.5. The predicted octanol–water partition coefficient (Wildman–Crippen LogP) is 4.30. The Balaban J connectivity index is 1.67. The number of hydrogen-bond donors (Lipinski definition) is 2. The molecule has 3 aromatic rings. The van der Waals surface area contributed by atoms with Crippen LogP contribution in [0.25, 0.3) is 0 Å². The highest BCUT2D eigenvalue weighted by molar-refractivity contribution is 6.31. The Morgan fingerprint density at radius 3 is 2.72 bits per heavy atom. The Hall–Kier alpha value is -2.92. The van der Waals surface area contributed by atoms with Crippen molar-refractivity contribution in [3.8, 4) is 0 Å². The quantitative estimate of drug-likeness (QED) is 0.718. The Bertz CT molecular complexity index is 884. The zero-order chi connectivity index (χ0) is 17.6. The number of nitrogens with one attached hydrogen (secondary N) is 2. The molecule has 0 aliphatic heterocycles. The largest absolute Gasteiger partial charge is 0.380 e. The number of anilines is 2. The number of aromatic nitrogens is 2. The summed E-state index contributed by atoms with van der Waals surface area (Å²) in [6.45, 7) is 2.52. The van der Waals surface area contributed by atoms with Crippen LogP contribution in [0.1, 0.15) is 21.5 Å². The first-order valence-electron chi connectivity index (χ1n) is 7.77. The molecule has 25 heavy (non-hydrogen) atoms. The monoisotopic (exact) mass is 352 g/mol. The molecule has 1 amide bonds. The summed E-state index contributed by atoms with van der Waals surface area (Å²) >= 11 is 6.09. The Kier molecular flexibility index (Phi) is 5.26. The molecular formula is C19H17ClN4O. The molecule has 0 aliphatic carbocycles. The maximum atomic E-state index is 12.4. The van der Waals surface area contributed by atoms with E-state index in [-0.39, 0.29) is 5.91 Å². The van der Waals surface area contributed by atoms with Gasteiger partial charge in [-0.2, -0.15) is 0 Å². The average molecular weight is 353 g/mol. The summed E-state index contributed by atoms with van der Waals surface area (Å²) in [6, 6.07) is 11.0. The van der Waals surface area contributed by atoms with Crippen molar-refractivity contribution in [2.75, 3.05) is 10.6 Å². The van der Waals surface area contributed by atoms with Crippen LogP contribution in [0.3, 0.4) is 0 Å². The van der Waals surface area contributed by atoms with Crippen LogP contribution in [0.5, 0.6) is 0 Å². The van der Waals surface area contributed by atoms with E-state index in [1.165, 1.54) is 6.20 Å².